The lowest BCUT2D eigenvalue weighted by Crippen LogP contribution is -2.36. The summed E-state index contributed by atoms with van der Waals surface area (Å²) in [6.45, 7) is 1.10. The minimum absolute atomic E-state index is 0.0301. The molecule has 0 saturated carbocycles. The third-order valence-electron chi connectivity index (χ3n) is 2.78. The van der Waals surface area contributed by atoms with Crippen LogP contribution in [0.1, 0.15) is 17.8 Å². The molecule has 17 heavy (non-hydrogen) atoms. The van der Waals surface area contributed by atoms with Gasteiger partial charge in [0.25, 0.3) is 0 Å². The number of rotatable bonds is 5. The van der Waals surface area contributed by atoms with Crippen LogP contribution in [0.4, 0.5) is 0 Å². The van der Waals surface area contributed by atoms with Gasteiger partial charge in [-0.1, -0.05) is 0 Å². The average Bonchev–Trinajstić information content (AvgIpc) is 2.99. The van der Waals surface area contributed by atoms with E-state index in [4.69, 9.17) is 10.5 Å². The van der Waals surface area contributed by atoms with E-state index in [0.29, 0.717) is 13.1 Å². The monoisotopic (exact) mass is 255 g/mol. The van der Waals surface area contributed by atoms with E-state index in [9.17, 15) is 4.79 Å². The largest absolute Gasteiger partial charge is 0.364 e. The number of thiazole rings is 1. The Kier molecular flexibility index (Phi) is 4.47. The van der Waals surface area contributed by atoms with E-state index in [-0.39, 0.29) is 18.1 Å². The highest BCUT2D eigenvalue weighted by Crippen LogP contribution is 2.18. The van der Waals surface area contributed by atoms with Crippen molar-refractivity contribution in [1.29, 1.82) is 0 Å². The van der Waals surface area contributed by atoms with E-state index in [2.05, 4.69) is 10.3 Å². The zero-order valence-corrected chi connectivity index (χ0v) is 10.4. The number of aromatic nitrogens is 1. The number of amides is 1. The number of hydrogen-bond donors (Lipinski definition) is 2. The van der Waals surface area contributed by atoms with Gasteiger partial charge in [-0.15, -0.1) is 11.3 Å². The van der Waals surface area contributed by atoms with E-state index in [1.165, 1.54) is 0 Å². The molecule has 0 unspecified atom stereocenters. The summed E-state index contributed by atoms with van der Waals surface area (Å²) in [5, 5.41) is 5.84. The fourth-order valence-electron chi connectivity index (χ4n) is 1.85. The molecule has 94 valence electrons. The van der Waals surface area contributed by atoms with Crippen molar-refractivity contribution < 1.29 is 9.53 Å². The number of nitrogens with one attached hydrogen (secondary N) is 1. The van der Waals surface area contributed by atoms with Crippen LogP contribution < -0.4 is 11.1 Å². The first-order valence-corrected chi connectivity index (χ1v) is 6.69. The normalized spacial score (nSPS) is 23.8. The van der Waals surface area contributed by atoms with Crippen molar-refractivity contribution in [3.63, 3.8) is 0 Å². The first kappa shape index (κ1) is 12.5. The molecule has 6 heteroatoms. The smallest absolute Gasteiger partial charge is 0.249 e. The van der Waals surface area contributed by atoms with Gasteiger partial charge >= 0.3 is 0 Å². The topological polar surface area (TPSA) is 77.2 Å². The molecule has 2 atom stereocenters. The molecular weight excluding hydrogens is 238 g/mol. The number of ether oxygens (including phenoxy) is 1. The van der Waals surface area contributed by atoms with E-state index < -0.39 is 0 Å². The molecule has 2 rings (SSSR count). The second-order valence-electron chi connectivity index (χ2n) is 4.03. The third kappa shape index (κ3) is 3.49. The highest BCUT2D eigenvalue weighted by molar-refractivity contribution is 7.09. The molecule has 0 bridgehead atoms. The summed E-state index contributed by atoms with van der Waals surface area (Å²) in [5.41, 5.74) is 5.50. The molecule has 1 aromatic heterocycles. The molecule has 0 aliphatic carbocycles. The van der Waals surface area contributed by atoms with Gasteiger partial charge in [-0.25, -0.2) is 4.98 Å². The zero-order chi connectivity index (χ0) is 12.1. The van der Waals surface area contributed by atoms with Gasteiger partial charge in [-0.3, -0.25) is 4.79 Å². The number of nitrogens with zero attached hydrogens (tertiary/aromatic N) is 1. The first-order valence-electron chi connectivity index (χ1n) is 5.81. The van der Waals surface area contributed by atoms with E-state index >= 15 is 0 Å². The maximum absolute atomic E-state index is 11.7. The summed E-state index contributed by atoms with van der Waals surface area (Å²) in [7, 11) is 0. The summed E-state index contributed by atoms with van der Waals surface area (Å²) in [6.07, 6.45) is 3.92. The first-order chi connectivity index (χ1) is 8.29. The van der Waals surface area contributed by atoms with Gasteiger partial charge in [0, 0.05) is 31.1 Å². The molecule has 0 aromatic carbocycles. The molecule has 0 radical (unpaired) electrons. The Balaban J connectivity index is 1.67. The lowest BCUT2D eigenvalue weighted by molar-refractivity contribution is -0.131. The van der Waals surface area contributed by atoms with Crippen LogP contribution in [0.3, 0.4) is 0 Å². The van der Waals surface area contributed by atoms with Crippen molar-refractivity contribution in [2.45, 2.75) is 31.5 Å². The van der Waals surface area contributed by atoms with Gasteiger partial charge in [0.1, 0.15) is 6.10 Å². The maximum Gasteiger partial charge on any atom is 0.249 e. The molecule has 0 spiro atoms. The third-order valence-corrected chi connectivity index (χ3v) is 3.62. The van der Waals surface area contributed by atoms with E-state index in [1.807, 2.05) is 5.38 Å². The lowest BCUT2D eigenvalue weighted by Gasteiger charge is -2.12. The molecule has 1 saturated heterocycles. The van der Waals surface area contributed by atoms with Crippen LogP contribution in [-0.4, -0.2) is 36.2 Å². The molecule has 2 heterocycles. The Morgan fingerprint density at radius 3 is 3.18 bits per heavy atom. The highest BCUT2D eigenvalue weighted by Gasteiger charge is 2.29. The van der Waals surface area contributed by atoms with Crippen LogP contribution in [0.25, 0.3) is 0 Å². The molecular formula is C11H17N3O2S. The highest BCUT2D eigenvalue weighted by atomic mass is 32.1. The zero-order valence-electron chi connectivity index (χ0n) is 9.59. The molecule has 3 N–H and O–H groups in total. The molecule has 1 aliphatic heterocycles. The van der Waals surface area contributed by atoms with Crippen LogP contribution in [0.15, 0.2) is 11.6 Å². The van der Waals surface area contributed by atoms with Crippen LogP contribution in [0, 0.1) is 0 Å². The van der Waals surface area contributed by atoms with Gasteiger partial charge < -0.3 is 15.8 Å². The van der Waals surface area contributed by atoms with Crippen LogP contribution in [0.2, 0.25) is 0 Å². The van der Waals surface area contributed by atoms with Gasteiger partial charge in [-0.2, -0.15) is 0 Å². The van der Waals surface area contributed by atoms with Crippen molar-refractivity contribution >= 4 is 17.2 Å². The van der Waals surface area contributed by atoms with Crippen LogP contribution in [-0.2, 0) is 16.0 Å². The van der Waals surface area contributed by atoms with Crippen molar-refractivity contribution in [3.8, 4) is 0 Å². The fraction of sp³-hybridized carbons (Fsp3) is 0.636. The molecule has 1 fully saturated rings. The Bertz CT molecular complexity index is 356. The molecule has 1 amide bonds. The summed E-state index contributed by atoms with van der Waals surface area (Å²) in [6, 6.07) is 0. The van der Waals surface area contributed by atoms with Gasteiger partial charge in [0.05, 0.1) is 11.1 Å². The van der Waals surface area contributed by atoms with E-state index in [0.717, 1.165) is 24.3 Å². The Morgan fingerprint density at radius 1 is 1.65 bits per heavy atom. The number of carbonyl (C=O) groups is 1. The second-order valence-corrected chi connectivity index (χ2v) is 5.01. The summed E-state index contributed by atoms with van der Waals surface area (Å²) < 4.78 is 5.51. The molecule has 1 aliphatic rings. The molecule has 5 nitrogen and oxygen atoms in total. The second kappa shape index (κ2) is 6.09. The maximum atomic E-state index is 11.7. The standard InChI is InChI=1S/C11H17N3O2S/c12-7-8-1-2-9(16-8)11(15)14-4-3-10-13-5-6-17-10/h5-6,8-9H,1-4,7,12H2,(H,14,15)/t8-,9+/m1/s1. The minimum Gasteiger partial charge on any atom is -0.364 e. The van der Waals surface area contributed by atoms with Gasteiger partial charge in [-0.05, 0) is 12.8 Å². The average molecular weight is 255 g/mol. The minimum atomic E-state index is -0.320. The fourth-order valence-corrected chi connectivity index (χ4v) is 2.48. The SMILES string of the molecule is NC[C@H]1CC[C@@H](C(=O)NCCc2nccs2)O1. The quantitative estimate of drug-likeness (QED) is 0.793. The summed E-state index contributed by atoms with van der Waals surface area (Å²) >= 11 is 1.60. The Morgan fingerprint density at radius 2 is 2.53 bits per heavy atom. The van der Waals surface area contributed by atoms with Crippen molar-refractivity contribution in [2.75, 3.05) is 13.1 Å². The number of nitrogens with two attached hydrogens (primary N) is 1. The van der Waals surface area contributed by atoms with Crippen LogP contribution >= 0.6 is 11.3 Å². The van der Waals surface area contributed by atoms with Gasteiger partial charge in [0.15, 0.2) is 0 Å². The van der Waals surface area contributed by atoms with Crippen molar-refractivity contribution in [3.05, 3.63) is 16.6 Å². The number of hydrogen-bond acceptors (Lipinski definition) is 5. The van der Waals surface area contributed by atoms with Gasteiger partial charge in [0.2, 0.25) is 5.91 Å². The van der Waals surface area contributed by atoms with E-state index in [1.54, 1.807) is 17.5 Å². The Hall–Kier alpha value is -0.980. The Labute approximate surface area is 104 Å². The predicted octanol–water partition coefficient (Wildman–Crippen LogP) is 0.308. The summed E-state index contributed by atoms with van der Waals surface area (Å²) in [4.78, 5) is 15.9. The number of carbonyl (C=O) groups excluding carboxylic acids is 1. The molecule has 1 aromatic rings. The van der Waals surface area contributed by atoms with Crippen LogP contribution in [0.5, 0.6) is 0 Å². The predicted molar refractivity (Wildman–Crippen MR) is 65.8 cm³/mol. The lowest BCUT2D eigenvalue weighted by atomic mass is 10.2. The van der Waals surface area contributed by atoms with Crippen molar-refractivity contribution in [1.82, 2.24) is 10.3 Å². The summed E-state index contributed by atoms with van der Waals surface area (Å²) in [5.74, 6) is -0.0301. The van der Waals surface area contributed by atoms with Crippen molar-refractivity contribution in [2.24, 2.45) is 5.73 Å².